The number of carbonyl (C=O) groups is 1. The average molecular weight is 318 g/mol. The number of hydrogen-bond acceptors (Lipinski definition) is 6. The van der Waals surface area contributed by atoms with Crippen molar-refractivity contribution in [3.05, 3.63) is 0 Å². The largest absolute Gasteiger partial charge is 1.00 e. The summed E-state index contributed by atoms with van der Waals surface area (Å²) in [5, 5.41) is 8.02. The molecule has 0 radical (unpaired) electrons. The Hall–Kier alpha value is 0.340. The third-order valence-corrected chi connectivity index (χ3v) is 3.67. The first-order chi connectivity index (χ1) is 8.95. The van der Waals surface area contributed by atoms with E-state index in [1.165, 1.54) is 0 Å². The molecule has 0 saturated heterocycles. The van der Waals surface area contributed by atoms with Crippen LogP contribution in [0.25, 0.3) is 0 Å². The molecule has 0 spiro atoms. The maximum absolute atomic E-state index is 10.6. The predicted octanol–water partition coefficient (Wildman–Crippen LogP) is -0.547. The fraction of sp³-hybridized carbons (Fsp3) is 0.917. The average Bonchev–Trinajstić information content (AvgIpc) is 2.34. The van der Waals surface area contributed by atoms with E-state index in [0.717, 1.165) is 51.4 Å². The molecule has 0 heterocycles. The van der Waals surface area contributed by atoms with Crippen molar-refractivity contribution in [1.82, 2.24) is 0 Å². The third-order valence-electron chi connectivity index (χ3n) is 2.88. The molecule has 0 aromatic rings. The molecule has 0 aliphatic heterocycles. The normalized spacial score (nSPS) is 10.9. The summed E-state index contributed by atoms with van der Waals surface area (Å²) < 4.78 is 31.0. The van der Waals surface area contributed by atoms with Crippen molar-refractivity contribution >= 4 is 16.1 Å². The molecule has 0 amide bonds. The molecule has 0 unspecified atom stereocenters. The van der Waals surface area contributed by atoms with Crippen molar-refractivity contribution in [1.29, 1.82) is 0 Å². The van der Waals surface area contributed by atoms with E-state index in [2.05, 4.69) is 4.89 Å². The van der Waals surface area contributed by atoms with Gasteiger partial charge in [0.1, 0.15) is 0 Å². The Morgan fingerprint density at radius 2 is 1.30 bits per heavy atom. The van der Waals surface area contributed by atoms with E-state index in [1.54, 1.807) is 0 Å². The predicted molar refractivity (Wildman–Crippen MR) is 69.5 cm³/mol. The maximum Gasteiger partial charge on any atom is 1.00 e. The number of rotatable bonds is 12. The Morgan fingerprint density at radius 1 is 0.900 bits per heavy atom. The minimum Gasteiger partial charge on any atom is -0.748 e. The summed E-state index contributed by atoms with van der Waals surface area (Å²) in [5.74, 6) is -0.846. The minimum absolute atomic E-state index is 0. The summed E-state index contributed by atoms with van der Waals surface area (Å²) in [6.45, 7) is 0. The SMILES string of the molecule is O=C(CCCCCCCCCCCS(=O)(=O)[O-])OO.[Na+]. The summed E-state index contributed by atoms with van der Waals surface area (Å²) >= 11 is 0. The van der Waals surface area contributed by atoms with E-state index >= 15 is 0 Å². The van der Waals surface area contributed by atoms with Gasteiger partial charge in [-0.3, -0.25) is 0 Å². The summed E-state index contributed by atoms with van der Waals surface area (Å²) in [7, 11) is -4.05. The van der Waals surface area contributed by atoms with Crippen LogP contribution >= 0.6 is 0 Å². The van der Waals surface area contributed by atoms with Crippen LogP contribution in [0.2, 0.25) is 0 Å². The van der Waals surface area contributed by atoms with Gasteiger partial charge in [-0.15, -0.1) is 0 Å². The first-order valence-corrected chi connectivity index (χ1v) is 8.31. The molecule has 0 fully saturated rings. The molecule has 6 nitrogen and oxygen atoms in total. The van der Waals surface area contributed by atoms with Crippen molar-refractivity contribution in [3.63, 3.8) is 0 Å². The summed E-state index contributed by atoms with van der Waals surface area (Å²) in [6.07, 6.45) is 8.32. The fourth-order valence-corrected chi connectivity index (χ4v) is 2.39. The van der Waals surface area contributed by atoms with Crippen LogP contribution in [0.3, 0.4) is 0 Å². The maximum atomic E-state index is 10.6. The van der Waals surface area contributed by atoms with E-state index in [1.807, 2.05) is 0 Å². The monoisotopic (exact) mass is 318 g/mol. The minimum atomic E-state index is -4.05. The number of unbranched alkanes of at least 4 members (excludes halogenated alkanes) is 8. The number of carbonyl (C=O) groups excluding carboxylic acids is 1. The molecule has 114 valence electrons. The molecular formula is C12H23NaO6S. The molecule has 0 aromatic heterocycles. The summed E-state index contributed by atoms with van der Waals surface area (Å²) in [5.41, 5.74) is 0. The smallest absolute Gasteiger partial charge is 0.748 e. The standard InChI is InChI=1S/C12H24O6S.Na/c13-12(18-14)10-8-6-4-2-1-3-5-7-9-11-19(15,16)17;/h14H,1-11H2,(H,15,16,17);/q;+1/p-1. The zero-order valence-electron chi connectivity index (χ0n) is 12.2. The van der Waals surface area contributed by atoms with Crippen LogP contribution in [0.5, 0.6) is 0 Å². The van der Waals surface area contributed by atoms with Crippen LogP contribution in [0.4, 0.5) is 0 Å². The van der Waals surface area contributed by atoms with Gasteiger partial charge < -0.3 is 9.44 Å². The van der Waals surface area contributed by atoms with Crippen LogP contribution in [0, 0.1) is 0 Å². The molecule has 0 bridgehead atoms. The van der Waals surface area contributed by atoms with Gasteiger partial charge in [-0.25, -0.2) is 13.2 Å². The Labute approximate surface area is 143 Å². The Morgan fingerprint density at radius 3 is 1.70 bits per heavy atom. The first kappa shape index (κ1) is 22.6. The van der Waals surface area contributed by atoms with Gasteiger partial charge in [0.2, 0.25) is 0 Å². The van der Waals surface area contributed by atoms with Gasteiger partial charge in [-0.1, -0.05) is 44.9 Å². The van der Waals surface area contributed by atoms with Crippen molar-refractivity contribution in [2.75, 3.05) is 5.75 Å². The molecule has 20 heavy (non-hydrogen) atoms. The van der Waals surface area contributed by atoms with Gasteiger partial charge in [-0.2, -0.15) is 5.26 Å². The first-order valence-electron chi connectivity index (χ1n) is 6.73. The molecule has 0 saturated carbocycles. The molecule has 0 atom stereocenters. The molecule has 0 aromatic carbocycles. The van der Waals surface area contributed by atoms with Gasteiger partial charge in [0.15, 0.2) is 0 Å². The zero-order valence-corrected chi connectivity index (χ0v) is 15.0. The topological polar surface area (TPSA) is 104 Å². The van der Waals surface area contributed by atoms with Gasteiger partial charge in [0.05, 0.1) is 10.1 Å². The third kappa shape index (κ3) is 18.3. The number of hydrogen-bond donors (Lipinski definition) is 1. The Kier molecular flexibility index (Phi) is 16.2. The van der Waals surface area contributed by atoms with E-state index in [-0.39, 0.29) is 41.7 Å². The van der Waals surface area contributed by atoms with Crippen LogP contribution in [0.15, 0.2) is 0 Å². The Balaban J connectivity index is 0. The van der Waals surface area contributed by atoms with Gasteiger partial charge in [0, 0.05) is 12.2 Å². The van der Waals surface area contributed by atoms with Crippen molar-refractivity contribution < 1.29 is 57.5 Å². The van der Waals surface area contributed by atoms with Crippen LogP contribution in [-0.4, -0.2) is 29.9 Å². The Bertz CT molecular complexity index is 331. The van der Waals surface area contributed by atoms with Gasteiger partial charge >= 0.3 is 35.5 Å². The quantitative estimate of drug-likeness (QED) is 0.170. The van der Waals surface area contributed by atoms with Gasteiger partial charge in [0.25, 0.3) is 0 Å². The van der Waals surface area contributed by atoms with Crippen LogP contribution in [-0.2, 0) is 19.8 Å². The molecule has 1 N–H and O–H groups in total. The second-order valence-electron chi connectivity index (χ2n) is 4.66. The van der Waals surface area contributed by atoms with Crippen molar-refractivity contribution in [2.45, 2.75) is 64.2 Å². The van der Waals surface area contributed by atoms with Crippen LogP contribution < -0.4 is 29.6 Å². The zero-order chi connectivity index (χ0) is 14.6. The molecule has 0 aliphatic rings. The fourth-order valence-electron chi connectivity index (χ4n) is 1.83. The van der Waals surface area contributed by atoms with E-state index in [0.29, 0.717) is 6.42 Å². The van der Waals surface area contributed by atoms with E-state index in [4.69, 9.17) is 5.26 Å². The second-order valence-corrected chi connectivity index (χ2v) is 6.18. The second kappa shape index (κ2) is 14.3. The van der Waals surface area contributed by atoms with Gasteiger partial charge in [-0.05, 0) is 12.8 Å². The summed E-state index contributed by atoms with van der Waals surface area (Å²) in [4.78, 5) is 14.1. The molecule has 0 aliphatic carbocycles. The van der Waals surface area contributed by atoms with E-state index in [9.17, 15) is 17.8 Å². The summed E-state index contributed by atoms with van der Waals surface area (Å²) in [6, 6.07) is 0. The van der Waals surface area contributed by atoms with Crippen molar-refractivity contribution in [3.8, 4) is 0 Å². The van der Waals surface area contributed by atoms with E-state index < -0.39 is 16.1 Å². The molecule has 8 heteroatoms. The molecule has 0 rings (SSSR count). The van der Waals surface area contributed by atoms with Crippen LogP contribution in [0.1, 0.15) is 64.2 Å². The molecular weight excluding hydrogens is 295 g/mol. The van der Waals surface area contributed by atoms with Crippen molar-refractivity contribution in [2.24, 2.45) is 0 Å².